The van der Waals surface area contributed by atoms with Gasteiger partial charge in [-0.25, -0.2) is 4.79 Å². The summed E-state index contributed by atoms with van der Waals surface area (Å²) in [6, 6.07) is 0. The number of aliphatic hydroxyl groups is 8. The molecule has 0 aromatic rings. The topological polar surface area (TPSA) is 255 Å². The zero-order valence-electron chi connectivity index (χ0n) is 38.5. The van der Waals surface area contributed by atoms with Crippen molar-refractivity contribution in [2.75, 3.05) is 6.61 Å². The highest BCUT2D eigenvalue weighted by Gasteiger charge is 2.69. The number of carboxylic acid groups (broad SMARTS) is 1. The van der Waals surface area contributed by atoms with E-state index in [4.69, 9.17) is 28.4 Å². The van der Waals surface area contributed by atoms with Gasteiger partial charge in [-0.1, -0.05) is 67.0 Å². The minimum absolute atomic E-state index is 0.0189. The number of hydrogen-bond acceptors (Lipinski definition) is 15. The molecular formula is C47H76O16. The smallest absolute Gasteiger partial charge is 0.335 e. The van der Waals surface area contributed by atoms with Gasteiger partial charge in [0.25, 0.3) is 0 Å². The molecule has 0 aromatic carbocycles. The van der Waals surface area contributed by atoms with Crippen molar-refractivity contribution in [3.8, 4) is 0 Å². The summed E-state index contributed by atoms with van der Waals surface area (Å²) < 4.78 is 36.2. The number of ether oxygens (including phenoxy) is 6. The lowest BCUT2D eigenvalue weighted by Crippen LogP contribution is -2.67. The van der Waals surface area contributed by atoms with Crippen LogP contribution in [0.5, 0.6) is 0 Å². The van der Waals surface area contributed by atoms with Gasteiger partial charge in [-0.2, -0.15) is 0 Å². The summed E-state index contributed by atoms with van der Waals surface area (Å²) in [7, 11) is 0. The van der Waals surface area contributed by atoms with Crippen molar-refractivity contribution in [1.82, 2.24) is 0 Å². The lowest BCUT2D eigenvalue weighted by molar-refractivity contribution is -0.386. The summed E-state index contributed by atoms with van der Waals surface area (Å²) in [6.45, 7) is 19.7. The zero-order chi connectivity index (χ0) is 46.1. The van der Waals surface area contributed by atoms with E-state index < -0.39 is 110 Å². The number of hydrogen-bond donors (Lipinski definition) is 9. The second kappa shape index (κ2) is 16.4. The van der Waals surface area contributed by atoms with Crippen LogP contribution >= 0.6 is 0 Å². The number of aliphatic carboxylic acids is 1. The molecule has 0 unspecified atom stereocenters. The van der Waals surface area contributed by atoms with Crippen molar-refractivity contribution >= 4 is 5.97 Å². The van der Waals surface area contributed by atoms with Gasteiger partial charge in [-0.15, -0.1) is 0 Å². The Hall–Kier alpha value is -1.35. The highest BCUT2D eigenvalue weighted by atomic mass is 16.8. The Balaban J connectivity index is 1.04. The number of fused-ring (bicyclic) bond motifs is 7. The Labute approximate surface area is 371 Å². The molecule has 0 spiro atoms. The molecule has 23 atom stereocenters. The molecule has 0 bridgehead atoms. The number of carbonyl (C=O) groups is 1. The molecule has 8 rings (SSSR count). The molecule has 3 saturated heterocycles. The van der Waals surface area contributed by atoms with E-state index in [0.717, 1.165) is 51.4 Å². The van der Waals surface area contributed by atoms with Crippen molar-refractivity contribution < 1.29 is 79.2 Å². The molecule has 0 amide bonds. The third-order valence-electron chi connectivity index (χ3n) is 19.0. The summed E-state index contributed by atoms with van der Waals surface area (Å²) in [5, 5.41) is 97.3. The maximum absolute atomic E-state index is 12.4. The Morgan fingerprint density at radius 3 is 2.02 bits per heavy atom. The molecule has 3 aliphatic heterocycles. The van der Waals surface area contributed by atoms with E-state index in [-0.39, 0.29) is 39.1 Å². The first-order chi connectivity index (χ1) is 29.2. The van der Waals surface area contributed by atoms with Crippen LogP contribution < -0.4 is 0 Å². The first kappa shape index (κ1) is 48.1. The van der Waals surface area contributed by atoms with Gasteiger partial charge in [-0.3, -0.25) is 0 Å². The van der Waals surface area contributed by atoms with E-state index in [0.29, 0.717) is 18.3 Å². The van der Waals surface area contributed by atoms with Crippen molar-refractivity contribution in [2.24, 2.45) is 50.2 Å². The molecular weight excluding hydrogens is 821 g/mol. The van der Waals surface area contributed by atoms with Gasteiger partial charge < -0.3 is 74.4 Å². The molecule has 5 aliphatic carbocycles. The summed E-state index contributed by atoms with van der Waals surface area (Å²) in [4.78, 5) is 12.4. The highest BCUT2D eigenvalue weighted by Crippen LogP contribution is 2.76. The third kappa shape index (κ3) is 7.51. The Kier molecular flexibility index (Phi) is 12.5. The average Bonchev–Trinajstić information content (AvgIpc) is 3.20. The van der Waals surface area contributed by atoms with Crippen LogP contribution in [0.4, 0.5) is 0 Å². The first-order valence-corrected chi connectivity index (χ1v) is 23.5. The summed E-state index contributed by atoms with van der Waals surface area (Å²) in [6.07, 6.45) is -12.8. The lowest BCUT2D eigenvalue weighted by Gasteiger charge is -2.71. The highest BCUT2D eigenvalue weighted by molar-refractivity contribution is 5.73. The molecule has 16 heteroatoms. The SMILES string of the molecule is C[C@@H]1O[C@@H](O[C@H]2[C@H](O[C@H]3[C@H](O[C@H]4CC[C@]5(C)[C@H]6CC=C7[C@@H]8CC(C)(C)C[C@@H](O)[C@]8(C)CC[C@@]7(C)[C@]6(C)CC[C@H]5C4(C)C)O[C@H](C(=O)O)[C@@H](O)[C@@H]3O)OC[C@H](O)[C@@H]2O)[C@H](O)[C@H](O)[C@H]1O. The molecule has 4 saturated carbocycles. The number of rotatable bonds is 7. The van der Waals surface area contributed by atoms with Crippen LogP contribution in [0.25, 0.3) is 0 Å². The monoisotopic (exact) mass is 897 g/mol. The largest absolute Gasteiger partial charge is 0.479 e. The Bertz CT molecular complexity index is 1740. The van der Waals surface area contributed by atoms with Crippen LogP contribution in [0.3, 0.4) is 0 Å². The molecule has 7 fully saturated rings. The maximum atomic E-state index is 12.4. The summed E-state index contributed by atoms with van der Waals surface area (Å²) in [5.41, 5.74) is 0.910. The number of carboxylic acids is 1. The molecule has 63 heavy (non-hydrogen) atoms. The summed E-state index contributed by atoms with van der Waals surface area (Å²) >= 11 is 0. The van der Waals surface area contributed by atoms with Gasteiger partial charge in [0.05, 0.1) is 24.9 Å². The number of allylic oxidation sites excluding steroid dienone is 2. The van der Waals surface area contributed by atoms with Gasteiger partial charge in [0.1, 0.15) is 54.9 Å². The normalized spacial score (nSPS) is 55.3. The zero-order valence-corrected chi connectivity index (χ0v) is 38.5. The van der Waals surface area contributed by atoms with E-state index in [1.54, 1.807) is 5.57 Å². The number of aliphatic hydroxyl groups excluding tert-OH is 8. The first-order valence-electron chi connectivity index (χ1n) is 23.5. The van der Waals surface area contributed by atoms with Gasteiger partial charge in [-0.05, 0) is 110 Å². The van der Waals surface area contributed by atoms with Crippen LogP contribution in [-0.4, -0.2) is 157 Å². The van der Waals surface area contributed by atoms with Crippen LogP contribution in [0.15, 0.2) is 11.6 Å². The van der Waals surface area contributed by atoms with E-state index in [1.165, 1.54) is 6.92 Å². The predicted octanol–water partition coefficient (Wildman–Crippen LogP) is 2.37. The van der Waals surface area contributed by atoms with Crippen molar-refractivity contribution in [3.05, 3.63) is 11.6 Å². The van der Waals surface area contributed by atoms with E-state index in [9.17, 15) is 50.8 Å². The van der Waals surface area contributed by atoms with Crippen molar-refractivity contribution in [3.63, 3.8) is 0 Å². The Morgan fingerprint density at radius 2 is 1.33 bits per heavy atom. The van der Waals surface area contributed by atoms with Gasteiger partial charge in [0.15, 0.2) is 25.0 Å². The standard InChI is InChI=1S/C47H76O16/c1-21-29(50)31(52)34(55)39(59-21)62-36-30(51)24(48)20-58-40(36)63-37-33(54)32(53)35(38(56)57)61-41(37)60-28-13-14-45(7)25(43(28,4)5)12-15-47(9)26(45)11-10-22-23-18-42(2,3)19-27(49)44(23,6)16-17-46(22,47)8/h10,21,23-37,39-41,48-55H,11-20H2,1-9H3,(H,56,57)/t21-,23-,24-,25-,26+,27+,28-,29-,30-,31+,32-,33-,34+,35-,36+,37+,39-,40-,41+,44+,45-,46+,47+/m0/s1. The summed E-state index contributed by atoms with van der Waals surface area (Å²) in [5.74, 6) is -0.622. The fourth-order valence-electron chi connectivity index (χ4n) is 14.8. The van der Waals surface area contributed by atoms with Crippen molar-refractivity contribution in [2.45, 2.75) is 218 Å². The van der Waals surface area contributed by atoms with Crippen LogP contribution in [0, 0.1) is 50.2 Å². The van der Waals surface area contributed by atoms with Crippen LogP contribution in [0.2, 0.25) is 0 Å². The second-order valence-corrected chi connectivity index (χ2v) is 23.3. The minimum atomic E-state index is -1.96. The van der Waals surface area contributed by atoms with Gasteiger partial charge >= 0.3 is 5.97 Å². The molecule has 360 valence electrons. The minimum Gasteiger partial charge on any atom is -0.479 e. The van der Waals surface area contributed by atoms with Gasteiger partial charge in [0.2, 0.25) is 0 Å². The maximum Gasteiger partial charge on any atom is 0.335 e. The molecule has 0 aromatic heterocycles. The fourth-order valence-corrected chi connectivity index (χ4v) is 14.8. The molecule has 0 radical (unpaired) electrons. The molecule has 16 nitrogen and oxygen atoms in total. The van der Waals surface area contributed by atoms with E-state index in [1.807, 2.05) is 0 Å². The predicted molar refractivity (Wildman–Crippen MR) is 223 cm³/mol. The van der Waals surface area contributed by atoms with Crippen molar-refractivity contribution in [1.29, 1.82) is 0 Å². The quantitative estimate of drug-likeness (QED) is 0.131. The van der Waals surface area contributed by atoms with E-state index in [2.05, 4.69) is 61.5 Å². The van der Waals surface area contributed by atoms with Crippen LogP contribution in [-0.2, 0) is 33.2 Å². The molecule has 8 aliphatic rings. The molecule has 9 N–H and O–H groups in total. The second-order valence-electron chi connectivity index (χ2n) is 23.3. The third-order valence-corrected chi connectivity index (χ3v) is 19.0. The molecule has 3 heterocycles. The van der Waals surface area contributed by atoms with E-state index >= 15 is 0 Å². The lowest BCUT2D eigenvalue weighted by atomic mass is 9.33. The van der Waals surface area contributed by atoms with Gasteiger partial charge in [0, 0.05) is 5.41 Å². The average molecular weight is 897 g/mol. The van der Waals surface area contributed by atoms with Crippen LogP contribution in [0.1, 0.15) is 120 Å². The Morgan fingerprint density at radius 1 is 0.667 bits per heavy atom. The fraction of sp³-hybridized carbons (Fsp3) is 0.936.